The standard InChI is InChI=1S/C19H20N2O2S/c1-14-7-9-15(10-8-14)17-11-12-19(18(13-20)21-17)24(22,23)16-5-3-2-4-6-16/h7-12,16H,2-6H2,1H3. The largest absolute Gasteiger partial charge is 0.236 e. The van der Waals surface area contributed by atoms with Gasteiger partial charge in [0, 0.05) is 5.56 Å². The first-order valence-electron chi connectivity index (χ1n) is 8.24. The number of hydrogen-bond acceptors (Lipinski definition) is 4. The zero-order chi connectivity index (χ0) is 17.2. The second-order valence-corrected chi connectivity index (χ2v) is 8.52. The number of benzene rings is 1. The zero-order valence-electron chi connectivity index (χ0n) is 13.7. The van der Waals surface area contributed by atoms with Crippen LogP contribution < -0.4 is 0 Å². The van der Waals surface area contributed by atoms with Gasteiger partial charge in [0.15, 0.2) is 15.5 Å². The van der Waals surface area contributed by atoms with E-state index in [4.69, 9.17) is 0 Å². The van der Waals surface area contributed by atoms with E-state index < -0.39 is 9.84 Å². The maximum atomic E-state index is 12.9. The van der Waals surface area contributed by atoms with Crippen molar-refractivity contribution >= 4 is 9.84 Å². The monoisotopic (exact) mass is 340 g/mol. The lowest BCUT2D eigenvalue weighted by atomic mass is 10.0. The minimum absolute atomic E-state index is 0.00125. The number of rotatable bonds is 3. The summed E-state index contributed by atoms with van der Waals surface area (Å²) in [7, 11) is -3.50. The molecule has 24 heavy (non-hydrogen) atoms. The van der Waals surface area contributed by atoms with E-state index in [1.807, 2.05) is 37.3 Å². The SMILES string of the molecule is Cc1ccc(-c2ccc(S(=O)(=O)C3CCCCC3)c(C#N)n2)cc1. The molecular weight excluding hydrogens is 320 g/mol. The van der Waals surface area contributed by atoms with Crippen LogP contribution in [0.1, 0.15) is 43.4 Å². The fourth-order valence-corrected chi connectivity index (χ4v) is 5.13. The van der Waals surface area contributed by atoms with Crippen LogP contribution in [0, 0.1) is 18.3 Å². The molecule has 1 heterocycles. The fraction of sp³-hybridized carbons (Fsp3) is 0.368. The molecule has 0 unspecified atom stereocenters. The minimum Gasteiger partial charge on any atom is -0.236 e. The number of aromatic nitrogens is 1. The Morgan fingerprint density at radius 3 is 2.33 bits per heavy atom. The van der Waals surface area contributed by atoms with Crippen molar-refractivity contribution in [3.63, 3.8) is 0 Å². The van der Waals surface area contributed by atoms with Crippen LogP contribution in [0.5, 0.6) is 0 Å². The summed E-state index contributed by atoms with van der Waals surface area (Å²) in [6, 6.07) is 13.0. The summed E-state index contributed by atoms with van der Waals surface area (Å²) in [6.45, 7) is 2.00. The lowest BCUT2D eigenvalue weighted by Gasteiger charge is -2.22. The quantitative estimate of drug-likeness (QED) is 0.845. The van der Waals surface area contributed by atoms with E-state index in [2.05, 4.69) is 4.98 Å². The van der Waals surface area contributed by atoms with Gasteiger partial charge in [-0.2, -0.15) is 5.26 Å². The zero-order valence-corrected chi connectivity index (χ0v) is 14.5. The topological polar surface area (TPSA) is 70.8 Å². The third-order valence-corrected chi connectivity index (χ3v) is 6.90. The van der Waals surface area contributed by atoms with Crippen LogP contribution in [0.3, 0.4) is 0 Å². The second-order valence-electron chi connectivity index (χ2n) is 6.33. The van der Waals surface area contributed by atoms with Gasteiger partial charge < -0.3 is 0 Å². The molecule has 0 radical (unpaired) electrons. The van der Waals surface area contributed by atoms with E-state index in [9.17, 15) is 13.7 Å². The molecule has 0 N–H and O–H groups in total. The number of pyridine rings is 1. The molecular formula is C19H20N2O2S. The molecule has 2 aromatic rings. The fourth-order valence-electron chi connectivity index (χ4n) is 3.20. The highest BCUT2D eigenvalue weighted by Gasteiger charge is 2.31. The van der Waals surface area contributed by atoms with Crippen LogP contribution in [0.2, 0.25) is 0 Å². The number of hydrogen-bond donors (Lipinski definition) is 0. The Balaban J connectivity index is 2.01. The molecule has 1 saturated carbocycles. The predicted molar refractivity (Wildman–Crippen MR) is 93.2 cm³/mol. The van der Waals surface area contributed by atoms with Crippen molar-refractivity contribution in [3.05, 3.63) is 47.7 Å². The molecule has 1 aromatic heterocycles. The van der Waals surface area contributed by atoms with Gasteiger partial charge >= 0.3 is 0 Å². The Bertz CT molecular complexity index is 875. The Morgan fingerprint density at radius 1 is 1.04 bits per heavy atom. The van der Waals surface area contributed by atoms with Crippen molar-refractivity contribution in [3.8, 4) is 17.3 Å². The van der Waals surface area contributed by atoms with Crippen LogP contribution in [0.25, 0.3) is 11.3 Å². The number of nitrogens with zero attached hydrogens (tertiary/aromatic N) is 2. The first-order chi connectivity index (χ1) is 11.5. The molecule has 1 aromatic carbocycles. The van der Waals surface area contributed by atoms with E-state index in [1.165, 1.54) is 0 Å². The molecule has 1 aliphatic carbocycles. The Hall–Kier alpha value is -2.19. The van der Waals surface area contributed by atoms with Crippen LogP contribution in [-0.2, 0) is 9.84 Å². The normalized spacial score (nSPS) is 15.8. The highest BCUT2D eigenvalue weighted by Crippen LogP contribution is 2.30. The Kier molecular flexibility index (Phi) is 4.68. The predicted octanol–water partition coefficient (Wildman–Crippen LogP) is 4.04. The summed E-state index contributed by atoms with van der Waals surface area (Å²) >= 11 is 0. The lowest BCUT2D eigenvalue weighted by molar-refractivity contribution is 0.483. The molecule has 3 rings (SSSR count). The van der Waals surface area contributed by atoms with Crippen LogP contribution in [0.15, 0.2) is 41.3 Å². The molecule has 124 valence electrons. The van der Waals surface area contributed by atoms with Crippen LogP contribution in [0.4, 0.5) is 0 Å². The van der Waals surface area contributed by atoms with Crippen LogP contribution in [-0.4, -0.2) is 18.7 Å². The van der Waals surface area contributed by atoms with E-state index in [1.54, 1.807) is 12.1 Å². The summed E-state index contributed by atoms with van der Waals surface area (Å²) in [5, 5.41) is 9.03. The maximum Gasteiger partial charge on any atom is 0.184 e. The third-order valence-electron chi connectivity index (χ3n) is 4.61. The van der Waals surface area contributed by atoms with Gasteiger partial charge in [0.25, 0.3) is 0 Å². The summed E-state index contributed by atoms with van der Waals surface area (Å²) in [5.74, 6) is 0. The number of aryl methyl sites for hydroxylation is 1. The van der Waals surface area contributed by atoms with E-state index in [-0.39, 0.29) is 15.8 Å². The van der Waals surface area contributed by atoms with E-state index in [0.29, 0.717) is 18.5 Å². The van der Waals surface area contributed by atoms with Crippen LogP contribution >= 0.6 is 0 Å². The molecule has 0 spiro atoms. The number of nitriles is 1. The average molecular weight is 340 g/mol. The van der Waals surface area contributed by atoms with Crippen molar-refractivity contribution in [2.45, 2.75) is 49.2 Å². The van der Waals surface area contributed by atoms with Gasteiger partial charge in [0.05, 0.1) is 10.9 Å². The Morgan fingerprint density at radius 2 is 1.71 bits per heavy atom. The van der Waals surface area contributed by atoms with E-state index >= 15 is 0 Å². The molecule has 0 atom stereocenters. The second kappa shape index (κ2) is 6.74. The van der Waals surface area contributed by atoms with Crippen molar-refractivity contribution in [1.29, 1.82) is 5.26 Å². The minimum atomic E-state index is -3.50. The van der Waals surface area contributed by atoms with Gasteiger partial charge in [0.1, 0.15) is 11.0 Å². The Labute approximate surface area is 143 Å². The molecule has 1 aliphatic rings. The van der Waals surface area contributed by atoms with Gasteiger partial charge in [-0.05, 0) is 31.9 Å². The smallest absolute Gasteiger partial charge is 0.184 e. The van der Waals surface area contributed by atoms with Gasteiger partial charge in [-0.25, -0.2) is 13.4 Å². The molecule has 4 nitrogen and oxygen atoms in total. The molecule has 1 fully saturated rings. The first kappa shape index (κ1) is 16.7. The summed E-state index contributed by atoms with van der Waals surface area (Å²) in [6.07, 6.45) is 4.29. The molecule has 0 bridgehead atoms. The summed E-state index contributed by atoms with van der Waals surface area (Å²) in [5.41, 5.74) is 2.63. The summed E-state index contributed by atoms with van der Waals surface area (Å²) in [4.78, 5) is 4.39. The first-order valence-corrected chi connectivity index (χ1v) is 9.79. The third kappa shape index (κ3) is 3.20. The van der Waals surface area contributed by atoms with Gasteiger partial charge in [-0.15, -0.1) is 0 Å². The van der Waals surface area contributed by atoms with Crippen molar-refractivity contribution < 1.29 is 8.42 Å². The highest BCUT2D eigenvalue weighted by molar-refractivity contribution is 7.92. The maximum absolute atomic E-state index is 12.9. The molecule has 0 amide bonds. The molecule has 0 saturated heterocycles. The van der Waals surface area contributed by atoms with Gasteiger partial charge in [0.2, 0.25) is 0 Å². The van der Waals surface area contributed by atoms with Gasteiger partial charge in [-0.1, -0.05) is 49.1 Å². The van der Waals surface area contributed by atoms with Crippen molar-refractivity contribution in [2.75, 3.05) is 0 Å². The van der Waals surface area contributed by atoms with Crippen molar-refractivity contribution in [2.24, 2.45) is 0 Å². The van der Waals surface area contributed by atoms with Crippen molar-refractivity contribution in [1.82, 2.24) is 4.98 Å². The summed E-state index contributed by atoms with van der Waals surface area (Å²) < 4.78 is 25.7. The van der Waals surface area contributed by atoms with Gasteiger partial charge in [-0.3, -0.25) is 0 Å². The highest BCUT2D eigenvalue weighted by atomic mass is 32.2. The average Bonchev–Trinajstić information content (AvgIpc) is 2.62. The molecule has 5 heteroatoms. The van der Waals surface area contributed by atoms with E-state index in [0.717, 1.165) is 30.4 Å². The molecule has 0 aliphatic heterocycles. The lowest BCUT2D eigenvalue weighted by Crippen LogP contribution is -2.25. The number of sulfone groups is 1.